The van der Waals surface area contributed by atoms with Crippen LogP contribution in [0.4, 0.5) is 0 Å². The lowest BCUT2D eigenvalue weighted by Crippen LogP contribution is -2.36. The molecule has 1 N–H and O–H groups in total. The van der Waals surface area contributed by atoms with Crippen molar-refractivity contribution in [1.29, 1.82) is 0 Å². The van der Waals surface area contributed by atoms with Gasteiger partial charge < -0.3 is 5.32 Å². The van der Waals surface area contributed by atoms with Crippen LogP contribution in [0.15, 0.2) is 0 Å². The first-order chi connectivity index (χ1) is 8.54. The molecule has 2 rings (SSSR count). The largest absolute Gasteiger partial charge is 0.312 e. The highest BCUT2D eigenvalue weighted by Gasteiger charge is 2.20. The van der Waals surface area contributed by atoms with Crippen LogP contribution < -0.4 is 5.32 Å². The molecule has 0 aliphatic heterocycles. The molecular formula is C14H25N3S. The summed E-state index contributed by atoms with van der Waals surface area (Å²) < 4.78 is 0. The Kier molecular flexibility index (Phi) is 4.73. The molecule has 3 nitrogen and oxygen atoms in total. The van der Waals surface area contributed by atoms with Gasteiger partial charge >= 0.3 is 0 Å². The summed E-state index contributed by atoms with van der Waals surface area (Å²) in [6.45, 7) is 7.67. The Labute approximate surface area is 114 Å². The maximum Gasteiger partial charge on any atom is 0.120 e. The molecule has 0 aromatic carbocycles. The van der Waals surface area contributed by atoms with E-state index in [1.807, 2.05) is 11.3 Å². The SMILES string of the molecule is CC(C)(C)NCCCc1nnc(C2CCCC2)s1. The van der Waals surface area contributed by atoms with E-state index in [1.54, 1.807) is 0 Å². The molecule has 1 heterocycles. The quantitative estimate of drug-likeness (QED) is 0.830. The molecule has 4 heteroatoms. The Morgan fingerprint density at radius 3 is 2.61 bits per heavy atom. The van der Waals surface area contributed by atoms with Gasteiger partial charge in [-0.2, -0.15) is 0 Å². The average Bonchev–Trinajstić information content (AvgIpc) is 2.93. The predicted molar refractivity (Wildman–Crippen MR) is 77.2 cm³/mol. The molecule has 1 saturated carbocycles. The van der Waals surface area contributed by atoms with E-state index in [1.165, 1.54) is 35.7 Å². The summed E-state index contributed by atoms with van der Waals surface area (Å²) in [5.74, 6) is 0.712. The summed E-state index contributed by atoms with van der Waals surface area (Å²) >= 11 is 1.84. The van der Waals surface area contributed by atoms with E-state index in [-0.39, 0.29) is 5.54 Å². The lowest BCUT2D eigenvalue weighted by molar-refractivity contribution is 0.422. The van der Waals surface area contributed by atoms with E-state index >= 15 is 0 Å². The second kappa shape index (κ2) is 6.11. The molecule has 1 aliphatic rings. The van der Waals surface area contributed by atoms with E-state index in [0.29, 0.717) is 5.92 Å². The van der Waals surface area contributed by atoms with E-state index in [9.17, 15) is 0 Å². The first kappa shape index (κ1) is 13.9. The van der Waals surface area contributed by atoms with Crippen LogP contribution in [-0.4, -0.2) is 22.3 Å². The minimum atomic E-state index is 0.218. The maximum absolute atomic E-state index is 4.37. The molecule has 1 aromatic heterocycles. The van der Waals surface area contributed by atoms with Gasteiger partial charge in [-0.05, 0) is 46.6 Å². The first-order valence-corrected chi connectivity index (χ1v) is 7.93. The fourth-order valence-corrected chi connectivity index (χ4v) is 3.46. The number of hydrogen-bond acceptors (Lipinski definition) is 4. The standard InChI is InChI=1S/C14H25N3S/c1-14(2,3)15-10-6-9-12-16-17-13(18-12)11-7-4-5-8-11/h11,15H,4-10H2,1-3H3. The van der Waals surface area contributed by atoms with E-state index < -0.39 is 0 Å². The zero-order valence-corrected chi connectivity index (χ0v) is 12.6. The lowest BCUT2D eigenvalue weighted by Gasteiger charge is -2.20. The Morgan fingerprint density at radius 1 is 1.22 bits per heavy atom. The van der Waals surface area contributed by atoms with Gasteiger partial charge in [0.25, 0.3) is 0 Å². The Bertz CT molecular complexity index is 361. The van der Waals surface area contributed by atoms with Gasteiger partial charge in [0.15, 0.2) is 0 Å². The average molecular weight is 267 g/mol. The maximum atomic E-state index is 4.37. The molecular weight excluding hydrogens is 242 g/mol. The summed E-state index contributed by atoms with van der Waals surface area (Å²) in [6, 6.07) is 0. The van der Waals surface area contributed by atoms with Crippen LogP contribution in [0.25, 0.3) is 0 Å². The molecule has 18 heavy (non-hydrogen) atoms. The fourth-order valence-electron chi connectivity index (χ4n) is 2.41. The van der Waals surface area contributed by atoms with Gasteiger partial charge in [-0.25, -0.2) is 0 Å². The van der Waals surface area contributed by atoms with E-state index in [2.05, 4.69) is 36.3 Å². The predicted octanol–water partition coefficient (Wildman–Crippen LogP) is 3.52. The number of nitrogens with one attached hydrogen (secondary N) is 1. The van der Waals surface area contributed by atoms with Crippen molar-refractivity contribution in [3.8, 4) is 0 Å². The van der Waals surface area contributed by atoms with Crippen molar-refractivity contribution in [1.82, 2.24) is 15.5 Å². The number of rotatable bonds is 5. The van der Waals surface area contributed by atoms with Gasteiger partial charge in [0, 0.05) is 17.9 Å². The minimum Gasteiger partial charge on any atom is -0.312 e. The van der Waals surface area contributed by atoms with Gasteiger partial charge in [-0.3, -0.25) is 0 Å². The molecule has 0 amide bonds. The second-order valence-electron chi connectivity index (χ2n) is 6.30. The molecule has 1 aromatic rings. The molecule has 0 radical (unpaired) electrons. The number of aromatic nitrogens is 2. The number of aryl methyl sites for hydroxylation is 1. The summed E-state index contributed by atoms with van der Waals surface area (Å²) in [5.41, 5.74) is 0.218. The molecule has 1 aliphatic carbocycles. The molecule has 0 unspecified atom stereocenters. The van der Waals surface area contributed by atoms with Gasteiger partial charge in [0.2, 0.25) is 0 Å². The summed E-state index contributed by atoms with van der Waals surface area (Å²) in [4.78, 5) is 0. The van der Waals surface area contributed by atoms with Crippen molar-refractivity contribution < 1.29 is 0 Å². The van der Waals surface area contributed by atoms with Crippen LogP contribution in [0.3, 0.4) is 0 Å². The Hall–Kier alpha value is -0.480. The third kappa shape index (κ3) is 4.32. The van der Waals surface area contributed by atoms with Gasteiger partial charge in [-0.1, -0.05) is 12.8 Å². The Morgan fingerprint density at radius 2 is 1.94 bits per heavy atom. The number of hydrogen-bond donors (Lipinski definition) is 1. The van der Waals surface area contributed by atoms with Crippen molar-refractivity contribution in [2.24, 2.45) is 0 Å². The van der Waals surface area contributed by atoms with Crippen LogP contribution in [-0.2, 0) is 6.42 Å². The van der Waals surface area contributed by atoms with Crippen LogP contribution >= 0.6 is 11.3 Å². The highest BCUT2D eigenvalue weighted by Crippen LogP contribution is 2.35. The summed E-state index contributed by atoms with van der Waals surface area (Å²) in [7, 11) is 0. The van der Waals surface area contributed by atoms with E-state index in [4.69, 9.17) is 0 Å². The molecule has 102 valence electrons. The number of nitrogens with zero attached hydrogens (tertiary/aromatic N) is 2. The molecule has 0 spiro atoms. The highest BCUT2D eigenvalue weighted by molar-refractivity contribution is 7.11. The zero-order chi connectivity index (χ0) is 13.0. The smallest absolute Gasteiger partial charge is 0.120 e. The molecule has 1 fully saturated rings. The molecule has 0 saturated heterocycles. The van der Waals surface area contributed by atoms with Crippen LogP contribution in [0, 0.1) is 0 Å². The zero-order valence-electron chi connectivity index (χ0n) is 11.8. The van der Waals surface area contributed by atoms with Crippen molar-refractivity contribution in [3.63, 3.8) is 0 Å². The summed E-state index contributed by atoms with van der Waals surface area (Å²) in [6.07, 6.45) is 7.59. The monoisotopic (exact) mass is 267 g/mol. The van der Waals surface area contributed by atoms with Gasteiger partial charge in [-0.15, -0.1) is 21.5 Å². The lowest BCUT2D eigenvalue weighted by atomic mass is 10.1. The second-order valence-corrected chi connectivity index (χ2v) is 7.39. The third-order valence-corrected chi connectivity index (χ3v) is 4.56. The summed E-state index contributed by atoms with van der Waals surface area (Å²) in [5, 5.41) is 14.7. The Balaban J connectivity index is 1.73. The van der Waals surface area contributed by atoms with Crippen molar-refractivity contribution >= 4 is 11.3 Å². The third-order valence-electron chi connectivity index (χ3n) is 3.41. The topological polar surface area (TPSA) is 37.8 Å². The molecule has 0 bridgehead atoms. The van der Waals surface area contributed by atoms with Crippen LogP contribution in [0.5, 0.6) is 0 Å². The van der Waals surface area contributed by atoms with Gasteiger partial charge in [0.1, 0.15) is 10.0 Å². The first-order valence-electron chi connectivity index (χ1n) is 7.12. The fraction of sp³-hybridized carbons (Fsp3) is 0.857. The molecule has 0 atom stereocenters. The van der Waals surface area contributed by atoms with Crippen LogP contribution in [0.2, 0.25) is 0 Å². The minimum absolute atomic E-state index is 0.218. The van der Waals surface area contributed by atoms with E-state index in [0.717, 1.165) is 19.4 Å². The van der Waals surface area contributed by atoms with Crippen LogP contribution in [0.1, 0.15) is 68.8 Å². The van der Waals surface area contributed by atoms with Crippen molar-refractivity contribution in [3.05, 3.63) is 10.0 Å². The van der Waals surface area contributed by atoms with Crippen molar-refractivity contribution in [2.75, 3.05) is 6.54 Å². The normalized spacial score (nSPS) is 17.5. The van der Waals surface area contributed by atoms with Gasteiger partial charge in [0.05, 0.1) is 0 Å². The van der Waals surface area contributed by atoms with Crippen molar-refractivity contribution in [2.45, 2.75) is 70.8 Å². The highest BCUT2D eigenvalue weighted by atomic mass is 32.1.